The lowest BCUT2D eigenvalue weighted by atomic mass is 10.0. The lowest BCUT2D eigenvalue weighted by Gasteiger charge is -2.20. The van der Waals surface area contributed by atoms with Gasteiger partial charge in [0.05, 0.1) is 19.1 Å². The third-order valence-corrected chi connectivity index (χ3v) is 3.36. The SMILES string of the molecule is CCOC(=O)CNC(=O)[C@@H](Cc1ccccc1)NC(=O)[C@H](N)CC(=O)O. The van der Waals surface area contributed by atoms with E-state index < -0.39 is 42.3 Å². The molecule has 0 aromatic heterocycles. The smallest absolute Gasteiger partial charge is 0.325 e. The zero-order chi connectivity index (χ0) is 19.5. The Labute approximate surface area is 150 Å². The van der Waals surface area contributed by atoms with Crippen molar-refractivity contribution in [1.82, 2.24) is 10.6 Å². The van der Waals surface area contributed by atoms with E-state index in [1.54, 1.807) is 37.3 Å². The van der Waals surface area contributed by atoms with Crippen LogP contribution in [0.2, 0.25) is 0 Å². The molecular formula is C17H23N3O6. The van der Waals surface area contributed by atoms with Crippen LogP contribution in [0.5, 0.6) is 0 Å². The van der Waals surface area contributed by atoms with Gasteiger partial charge in [0.1, 0.15) is 12.6 Å². The van der Waals surface area contributed by atoms with Gasteiger partial charge in [0.2, 0.25) is 11.8 Å². The van der Waals surface area contributed by atoms with Gasteiger partial charge >= 0.3 is 11.9 Å². The van der Waals surface area contributed by atoms with E-state index in [0.717, 1.165) is 5.56 Å². The molecule has 0 aliphatic heterocycles. The predicted octanol–water partition coefficient (Wildman–Crippen LogP) is -0.805. The maximum atomic E-state index is 12.3. The molecule has 0 aliphatic rings. The Morgan fingerprint density at radius 3 is 2.38 bits per heavy atom. The second-order valence-corrected chi connectivity index (χ2v) is 5.48. The van der Waals surface area contributed by atoms with E-state index >= 15 is 0 Å². The molecule has 1 rings (SSSR count). The maximum Gasteiger partial charge on any atom is 0.325 e. The fraction of sp³-hybridized carbons (Fsp3) is 0.412. The van der Waals surface area contributed by atoms with Crippen molar-refractivity contribution in [2.45, 2.75) is 31.8 Å². The molecule has 0 saturated heterocycles. The quantitative estimate of drug-likeness (QED) is 0.397. The van der Waals surface area contributed by atoms with Crippen LogP contribution in [-0.2, 0) is 30.3 Å². The van der Waals surface area contributed by atoms with Crippen LogP contribution in [0.1, 0.15) is 18.9 Å². The summed E-state index contributed by atoms with van der Waals surface area (Å²) >= 11 is 0. The highest BCUT2D eigenvalue weighted by Crippen LogP contribution is 2.04. The van der Waals surface area contributed by atoms with E-state index in [2.05, 4.69) is 10.6 Å². The zero-order valence-electron chi connectivity index (χ0n) is 14.4. The summed E-state index contributed by atoms with van der Waals surface area (Å²) in [5, 5.41) is 13.5. The fourth-order valence-electron chi connectivity index (χ4n) is 2.11. The molecule has 0 radical (unpaired) electrons. The Kier molecular flexibility index (Phi) is 8.79. The molecule has 9 nitrogen and oxygen atoms in total. The van der Waals surface area contributed by atoms with E-state index in [-0.39, 0.29) is 19.6 Å². The number of aliphatic carboxylic acids is 1. The van der Waals surface area contributed by atoms with Gasteiger partial charge in [-0.15, -0.1) is 0 Å². The number of benzene rings is 1. The number of carboxylic acids is 1. The number of hydrogen-bond acceptors (Lipinski definition) is 6. The first-order chi connectivity index (χ1) is 12.3. The van der Waals surface area contributed by atoms with Crippen LogP contribution >= 0.6 is 0 Å². The Morgan fingerprint density at radius 2 is 1.81 bits per heavy atom. The molecule has 0 aliphatic carbocycles. The molecule has 1 aromatic carbocycles. The number of carbonyl (C=O) groups excluding carboxylic acids is 3. The fourth-order valence-corrected chi connectivity index (χ4v) is 2.11. The van der Waals surface area contributed by atoms with Crippen molar-refractivity contribution in [2.75, 3.05) is 13.2 Å². The minimum atomic E-state index is -1.29. The summed E-state index contributed by atoms with van der Waals surface area (Å²) in [4.78, 5) is 46.4. The number of amides is 2. The van der Waals surface area contributed by atoms with Crippen LogP contribution < -0.4 is 16.4 Å². The van der Waals surface area contributed by atoms with Crippen LogP contribution in [0.15, 0.2) is 30.3 Å². The monoisotopic (exact) mass is 365 g/mol. The molecule has 2 atom stereocenters. The highest BCUT2D eigenvalue weighted by atomic mass is 16.5. The first-order valence-corrected chi connectivity index (χ1v) is 8.08. The van der Waals surface area contributed by atoms with Gasteiger partial charge in [-0.1, -0.05) is 30.3 Å². The minimum absolute atomic E-state index is 0.154. The number of nitrogens with two attached hydrogens (primary N) is 1. The molecule has 0 unspecified atom stereocenters. The van der Waals surface area contributed by atoms with Gasteiger partial charge in [-0.05, 0) is 12.5 Å². The predicted molar refractivity (Wildman–Crippen MR) is 91.9 cm³/mol. The average molecular weight is 365 g/mol. The van der Waals surface area contributed by atoms with Crippen LogP contribution in [-0.4, -0.2) is 54.1 Å². The van der Waals surface area contributed by atoms with E-state index in [1.807, 2.05) is 0 Å². The first kappa shape index (κ1) is 21.1. The number of carboxylic acid groups (broad SMARTS) is 1. The Balaban J connectivity index is 2.77. The third-order valence-electron chi connectivity index (χ3n) is 3.36. The van der Waals surface area contributed by atoms with Crippen molar-refractivity contribution >= 4 is 23.8 Å². The summed E-state index contributed by atoms with van der Waals surface area (Å²) in [6, 6.07) is 6.61. The molecule has 0 spiro atoms. The van der Waals surface area contributed by atoms with Crippen molar-refractivity contribution < 1.29 is 29.0 Å². The van der Waals surface area contributed by atoms with Crippen LogP contribution in [0.4, 0.5) is 0 Å². The van der Waals surface area contributed by atoms with Gasteiger partial charge in [-0.2, -0.15) is 0 Å². The molecular weight excluding hydrogens is 342 g/mol. The molecule has 1 aromatic rings. The minimum Gasteiger partial charge on any atom is -0.481 e. The maximum absolute atomic E-state index is 12.3. The second-order valence-electron chi connectivity index (χ2n) is 5.48. The Morgan fingerprint density at radius 1 is 1.15 bits per heavy atom. The average Bonchev–Trinajstić information content (AvgIpc) is 2.59. The number of carbonyl (C=O) groups is 4. The molecule has 0 bridgehead atoms. The largest absolute Gasteiger partial charge is 0.481 e. The van der Waals surface area contributed by atoms with E-state index in [1.165, 1.54) is 0 Å². The summed E-state index contributed by atoms with van der Waals surface area (Å²) in [5.74, 6) is -3.19. The third kappa shape index (κ3) is 7.75. The molecule has 0 fully saturated rings. The lowest BCUT2D eigenvalue weighted by Crippen LogP contribution is -2.53. The number of hydrogen-bond donors (Lipinski definition) is 4. The Hall–Kier alpha value is -2.94. The topological polar surface area (TPSA) is 148 Å². The second kappa shape index (κ2) is 10.8. The molecule has 0 heterocycles. The highest BCUT2D eigenvalue weighted by Gasteiger charge is 2.25. The summed E-state index contributed by atoms with van der Waals surface area (Å²) in [5.41, 5.74) is 6.30. The number of rotatable bonds is 10. The van der Waals surface area contributed by atoms with Crippen molar-refractivity contribution in [3.63, 3.8) is 0 Å². The molecule has 26 heavy (non-hydrogen) atoms. The molecule has 0 saturated carbocycles. The summed E-state index contributed by atoms with van der Waals surface area (Å²) in [7, 11) is 0. The van der Waals surface area contributed by atoms with Gasteiger partial charge in [0.15, 0.2) is 0 Å². The molecule has 9 heteroatoms. The van der Waals surface area contributed by atoms with E-state index in [0.29, 0.717) is 0 Å². The zero-order valence-corrected chi connectivity index (χ0v) is 14.4. The normalized spacial score (nSPS) is 12.5. The van der Waals surface area contributed by atoms with Crippen LogP contribution in [0.25, 0.3) is 0 Å². The van der Waals surface area contributed by atoms with Gasteiger partial charge in [-0.3, -0.25) is 19.2 Å². The van der Waals surface area contributed by atoms with E-state index in [9.17, 15) is 19.2 Å². The summed E-state index contributed by atoms with van der Waals surface area (Å²) < 4.78 is 4.73. The van der Waals surface area contributed by atoms with Gasteiger partial charge < -0.3 is 26.2 Å². The summed E-state index contributed by atoms with van der Waals surface area (Å²) in [6.45, 7) is 1.49. The molecule has 5 N–H and O–H groups in total. The summed E-state index contributed by atoms with van der Waals surface area (Å²) in [6.07, 6.45) is -0.407. The van der Waals surface area contributed by atoms with Crippen molar-refractivity contribution in [2.24, 2.45) is 5.73 Å². The van der Waals surface area contributed by atoms with Crippen molar-refractivity contribution in [3.8, 4) is 0 Å². The van der Waals surface area contributed by atoms with Crippen molar-refractivity contribution in [1.29, 1.82) is 0 Å². The van der Waals surface area contributed by atoms with Gasteiger partial charge in [-0.25, -0.2) is 0 Å². The van der Waals surface area contributed by atoms with Crippen molar-refractivity contribution in [3.05, 3.63) is 35.9 Å². The van der Waals surface area contributed by atoms with E-state index in [4.69, 9.17) is 15.6 Å². The first-order valence-electron chi connectivity index (χ1n) is 8.08. The molecule has 142 valence electrons. The standard InChI is InChI=1S/C17H23N3O6/c1-2-26-15(23)10-19-17(25)13(8-11-6-4-3-5-7-11)20-16(24)12(18)9-14(21)22/h3-7,12-13H,2,8-10,18H2,1H3,(H,19,25)(H,20,24)(H,21,22)/t12-,13-/m1/s1. The van der Waals surface area contributed by atoms with Gasteiger partial charge in [0.25, 0.3) is 0 Å². The lowest BCUT2D eigenvalue weighted by molar-refractivity contribution is -0.144. The van der Waals surface area contributed by atoms with Crippen LogP contribution in [0.3, 0.4) is 0 Å². The molecule has 2 amide bonds. The van der Waals surface area contributed by atoms with Gasteiger partial charge in [0, 0.05) is 6.42 Å². The van der Waals surface area contributed by atoms with Crippen LogP contribution in [0, 0.1) is 0 Å². The number of esters is 1. The highest BCUT2D eigenvalue weighted by molar-refractivity contribution is 5.92. The Bertz CT molecular complexity index is 635. The number of ether oxygens (including phenoxy) is 1. The number of nitrogens with one attached hydrogen (secondary N) is 2.